The topological polar surface area (TPSA) is 140 Å². The van der Waals surface area contributed by atoms with Crippen LogP contribution in [0.3, 0.4) is 0 Å². The molecule has 1 aromatic heterocycles. The van der Waals surface area contributed by atoms with E-state index in [1.165, 1.54) is 0 Å². The average molecular weight is 705 g/mol. The lowest BCUT2D eigenvalue weighted by atomic mass is 9.74. The monoisotopic (exact) mass is 704 g/mol. The Bertz CT molecular complexity index is 1490. The number of benzene rings is 1. The highest BCUT2D eigenvalue weighted by atomic mass is 31.2. The molecule has 2 heterocycles. The van der Waals surface area contributed by atoms with Crippen molar-refractivity contribution in [3.8, 4) is 11.3 Å². The van der Waals surface area contributed by atoms with E-state index >= 15 is 0 Å². The summed E-state index contributed by atoms with van der Waals surface area (Å²) in [4.78, 5) is 43.0. The van der Waals surface area contributed by atoms with E-state index in [4.69, 9.17) is 14.0 Å². The number of aliphatic carboxylic acids is 1. The maximum absolute atomic E-state index is 14.9. The number of aromatic nitrogens is 2. The molecule has 3 rings (SSSR count). The summed E-state index contributed by atoms with van der Waals surface area (Å²) in [5, 5.41) is 13.8. The zero-order valence-electron chi connectivity index (χ0n) is 31.2. The quantitative estimate of drug-likeness (QED) is 0.182. The number of unbranched alkanes of at least 4 members (excludes halogenated alkanes) is 1. The molecule has 3 unspecified atom stereocenters. The highest BCUT2D eigenvalue weighted by Crippen LogP contribution is 2.67. The minimum Gasteiger partial charge on any atom is -0.480 e. The molecule has 0 radical (unpaired) electrons. The van der Waals surface area contributed by atoms with Crippen molar-refractivity contribution in [2.24, 2.45) is 12.5 Å². The zero-order valence-corrected chi connectivity index (χ0v) is 32.1. The van der Waals surface area contributed by atoms with Gasteiger partial charge in [0, 0.05) is 50.6 Å². The van der Waals surface area contributed by atoms with Crippen LogP contribution in [0, 0.1) is 5.41 Å². The summed E-state index contributed by atoms with van der Waals surface area (Å²) < 4.78 is 33.8. The van der Waals surface area contributed by atoms with Gasteiger partial charge in [0.05, 0.1) is 12.3 Å². The van der Waals surface area contributed by atoms with Crippen molar-refractivity contribution in [1.82, 2.24) is 19.6 Å². The van der Waals surface area contributed by atoms with Crippen LogP contribution in [0.1, 0.15) is 94.1 Å². The smallest absolute Gasteiger partial charge is 0.419 e. The molecule has 13 heteroatoms. The lowest BCUT2D eigenvalue weighted by Crippen LogP contribution is -2.66. The molecular formula is C36H57N4O8P. The number of nitrogens with zero attached hydrogens (tertiary/aromatic N) is 4. The summed E-state index contributed by atoms with van der Waals surface area (Å²) in [7, 11) is -1.90. The van der Waals surface area contributed by atoms with Gasteiger partial charge in [0.1, 0.15) is 11.2 Å². The van der Waals surface area contributed by atoms with Gasteiger partial charge >= 0.3 is 18.2 Å². The van der Waals surface area contributed by atoms with E-state index in [1.54, 1.807) is 59.3 Å². The second-order valence-electron chi connectivity index (χ2n) is 15.8. The van der Waals surface area contributed by atoms with E-state index < -0.39 is 53.3 Å². The fourth-order valence-electron chi connectivity index (χ4n) is 6.90. The predicted octanol–water partition coefficient (Wildman–Crippen LogP) is 7.80. The number of carboxylic acid groups (broad SMARTS) is 1. The van der Waals surface area contributed by atoms with Gasteiger partial charge in [-0.1, -0.05) is 45.0 Å². The lowest BCUT2D eigenvalue weighted by molar-refractivity contribution is -0.146. The number of carbonyl (C=O) groups is 3. The molecule has 274 valence electrons. The van der Waals surface area contributed by atoms with Gasteiger partial charge in [-0.15, -0.1) is 0 Å². The van der Waals surface area contributed by atoms with Crippen LogP contribution in [0.4, 0.5) is 9.59 Å². The number of amides is 2. The summed E-state index contributed by atoms with van der Waals surface area (Å²) in [5.74, 6) is -1.18. The Labute approximate surface area is 291 Å². The maximum Gasteiger partial charge on any atom is 0.419 e. The average Bonchev–Trinajstić information content (AvgIpc) is 3.37. The molecule has 1 fully saturated rings. The second-order valence-corrected chi connectivity index (χ2v) is 18.7. The fraction of sp³-hybridized carbons (Fsp3) is 0.667. The Balaban J connectivity index is 2.01. The summed E-state index contributed by atoms with van der Waals surface area (Å²) in [6.07, 6.45) is 0.618. The van der Waals surface area contributed by atoms with Gasteiger partial charge in [-0.3, -0.25) is 18.9 Å². The van der Waals surface area contributed by atoms with Crippen LogP contribution in [0.25, 0.3) is 11.3 Å². The van der Waals surface area contributed by atoms with E-state index in [9.17, 15) is 24.1 Å². The van der Waals surface area contributed by atoms with Gasteiger partial charge in [-0.05, 0) is 84.8 Å². The number of carboxylic acids is 1. The number of rotatable bonds is 11. The summed E-state index contributed by atoms with van der Waals surface area (Å²) in [6.45, 7) is 18.7. The first-order chi connectivity index (χ1) is 22.6. The van der Waals surface area contributed by atoms with E-state index in [1.807, 2.05) is 58.2 Å². The molecule has 0 aliphatic carbocycles. The Kier molecular flexibility index (Phi) is 12.6. The molecule has 1 aliphatic rings. The third kappa shape index (κ3) is 9.52. The van der Waals surface area contributed by atoms with Gasteiger partial charge < -0.3 is 19.1 Å². The van der Waals surface area contributed by atoms with Gasteiger partial charge in [0.15, 0.2) is 5.16 Å². The molecule has 1 N–H and O–H groups in total. The normalized spacial score (nSPS) is 22.1. The van der Waals surface area contributed by atoms with E-state index in [2.05, 4.69) is 10.00 Å². The first kappa shape index (κ1) is 40.2. The van der Waals surface area contributed by atoms with Crippen molar-refractivity contribution in [1.29, 1.82) is 0 Å². The standard InChI is InChI=1S/C36H57N4O8P/c1-12-46-49(45)24-23-39(25-26-17-13-14-18-27(26)28-19-21-37-38(28)11)29(33(2,3)4)36(49,30(41)42)20-15-16-22-40(31(43)47-34(5,6)7)32(44)48-35(8,9)10/h13-14,17-19,21,29H,12,15-16,20,22-25H2,1-11H3,(H,41,42). The van der Waals surface area contributed by atoms with Crippen molar-refractivity contribution in [3.63, 3.8) is 0 Å². The Morgan fingerprint density at radius 1 is 0.980 bits per heavy atom. The summed E-state index contributed by atoms with van der Waals surface area (Å²) >= 11 is 0. The number of aryl methyl sites for hydroxylation is 1. The van der Waals surface area contributed by atoms with Crippen LogP contribution >= 0.6 is 7.37 Å². The molecule has 0 bridgehead atoms. The largest absolute Gasteiger partial charge is 0.480 e. The van der Waals surface area contributed by atoms with E-state index in [0.29, 0.717) is 13.1 Å². The number of ether oxygens (including phenoxy) is 2. The molecule has 49 heavy (non-hydrogen) atoms. The van der Waals surface area contributed by atoms with Crippen molar-refractivity contribution in [2.45, 2.75) is 117 Å². The number of hydrogen-bond acceptors (Lipinski definition) is 9. The number of hydrogen-bond donors (Lipinski definition) is 1. The van der Waals surface area contributed by atoms with Crippen LogP contribution < -0.4 is 0 Å². The Hall–Kier alpha value is -3.21. The number of imide groups is 1. The third-order valence-corrected chi connectivity index (χ3v) is 11.9. The van der Waals surface area contributed by atoms with Gasteiger partial charge in [0.2, 0.25) is 7.37 Å². The molecule has 2 amide bonds. The molecule has 3 atom stereocenters. The third-order valence-electron chi connectivity index (χ3n) is 8.54. The van der Waals surface area contributed by atoms with Crippen molar-refractivity contribution < 1.29 is 38.1 Å². The maximum atomic E-state index is 14.9. The lowest BCUT2D eigenvalue weighted by Gasteiger charge is -2.55. The van der Waals surface area contributed by atoms with E-state index in [-0.39, 0.29) is 38.6 Å². The van der Waals surface area contributed by atoms with Gasteiger partial charge in [0.25, 0.3) is 0 Å². The fourth-order valence-corrected chi connectivity index (χ4v) is 10.3. The molecule has 1 saturated heterocycles. The van der Waals surface area contributed by atoms with Crippen LogP contribution in [0.2, 0.25) is 0 Å². The highest BCUT2D eigenvalue weighted by molar-refractivity contribution is 7.62. The molecule has 1 aliphatic heterocycles. The van der Waals surface area contributed by atoms with Gasteiger partial charge in [-0.2, -0.15) is 5.10 Å². The molecule has 2 aromatic rings. The summed E-state index contributed by atoms with van der Waals surface area (Å²) in [5.41, 5.74) is 0.582. The van der Waals surface area contributed by atoms with Crippen LogP contribution in [-0.2, 0) is 36.9 Å². The zero-order chi connectivity index (χ0) is 37.0. The molecule has 0 saturated carbocycles. The molecule has 1 aromatic carbocycles. The second kappa shape index (κ2) is 15.4. The highest BCUT2D eigenvalue weighted by Gasteiger charge is 2.66. The summed E-state index contributed by atoms with van der Waals surface area (Å²) in [6, 6.07) is 9.24. The van der Waals surface area contributed by atoms with Crippen molar-refractivity contribution in [2.75, 3.05) is 25.9 Å². The molecule has 0 spiro atoms. The van der Waals surface area contributed by atoms with Crippen molar-refractivity contribution in [3.05, 3.63) is 42.1 Å². The van der Waals surface area contributed by atoms with E-state index in [0.717, 1.165) is 21.7 Å². The minimum atomic E-state index is -3.78. The van der Waals surface area contributed by atoms with Crippen LogP contribution in [0.5, 0.6) is 0 Å². The first-order valence-corrected chi connectivity index (χ1v) is 18.9. The van der Waals surface area contributed by atoms with Crippen LogP contribution in [-0.4, -0.2) is 91.1 Å². The first-order valence-electron chi connectivity index (χ1n) is 17.1. The van der Waals surface area contributed by atoms with Crippen molar-refractivity contribution >= 4 is 25.5 Å². The molecular weight excluding hydrogens is 647 g/mol. The van der Waals surface area contributed by atoms with Gasteiger partial charge in [-0.25, -0.2) is 14.5 Å². The van der Waals surface area contributed by atoms with Crippen LogP contribution in [0.15, 0.2) is 36.5 Å². The Morgan fingerprint density at radius 2 is 1.57 bits per heavy atom. The number of carbonyl (C=O) groups excluding carboxylic acids is 2. The predicted molar refractivity (Wildman–Crippen MR) is 190 cm³/mol. The Morgan fingerprint density at radius 3 is 2.06 bits per heavy atom. The molecule has 12 nitrogen and oxygen atoms in total. The minimum absolute atomic E-state index is 0.0118. The SMILES string of the molecule is CCOP1(=O)CCN(Cc2ccccc2-c2ccnn2C)C(C(C)(C)C)C1(CCCCN(C(=O)OC(C)(C)C)C(=O)OC(C)(C)C)C(=O)O.